The van der Waals surface area contributed by atoms with Gasteiger partial charge in [0.25, 0.3) is 5.91 Å². The van der Waals surface area contributed by atoms with Crippen molar-refractivity contribution in [2.24, 2.45) is 11.8 Å². The Bertz CT molecular complexity index is 1820. The first kappa shape index (κ1) is 36.2. The molecule has 0 spiro atoms. The topological polar surface area (TPSA) is 194 Å². The van der Waals surface area contributed by atoms with E-state index in [1.54, 1.807) is 30.3 Å². The lowest BCUT2D eigenvalue weighted by atomic mass is 9.81. The molecule has 0 unspecified atom stereocenters. The Morgan fingerprint density at radius 2 is 1.60 bits per heavy atom. The van der Waals surface area contributed by atoms with E-state index in [0.29, 0.717) is 43.0 Å². The van der Waals surface area contributed by atoms with Crippen molar-refractivity contribution < 1.29 is 24.3 Å². The first-order valence-electron chi connectivity index (χ1n) is 17.9. The molecule has 6 N–H and O–H groups in total. The van der Waals surface area contributed by atoms with Gasteiger partial charge in [0.1, 0.15) is 6.04 Å². The Balaban J connectivity index is 1.14. The van der Waals surface area contributed by atoms with Crippen molar-refractivity contribution in [3.05, 3.63) is 83.9 Å². The summed E-state index contributed by atoms with van der Waals surface area (Å²) in [6.07, 6.45) is 4.27. The Morgan fingerprint density at radius 1 is 0.865 bits per heavy atom. The van der Waals surface area contributed by atoms with Crippen LogP contribution in [0.2, 0.25) is 0 Å². The van der Waals surface area contributed by atoms with E-state index in [1.165, 1.54) is 12.8 Å². The smallest absolute Gasteiger partial charge is 0.404 e. The normalized spacial score (nSPS) is 17.9. The number of nitrogens with one attached hydrogen (secondary N) is 5. The van der Waals surface area contributed by atoms with Crippen LogP contribution < -0.4 is 21.3 Å². The molecule has 0 bridgehead atoms. The van der Waals surface area contributed by atoms with Crippen molar-refractivity contribution in [2.75, 3.05) is 38.0 Å². The van der Waals surface area contributed by atoms with Gasteiger partial charge in [-0.1, -0.05) is 36.4 Å². The van der Waals surface area contributed by atoms with E-state index in [2.05, 4.69) is 46.8 Å². The monoisotopic (exact) mass is 707 g/mol. The summed E-state index contributed by atoms with van der Waals surface area (Å²) in [5.74, 6) is -0.273. The van der Waals surface area contributed by atoms with Gasteiger partial charge in [-0.3, -0.25) is 14.4 Å². The largest absolute Gasteiger partial charge is 0.465 e. The third-order valence-corrected chi connectivity index (χ3v) is 9.90. The van der Waals surface area contributed by atoms with Gasteiger partial charge < -0.3 is 31.3 Å². The van der Waals surface area contributed by atoms with E-state index >= 15 is 0 Å². The van der Waals surface area contributed by atoms with Gasteiger partial charge in [-0.05, 0) is 121 Å². The van der Waals surface area contributed by atoms with E-state index < -0.39 is 12.1 Å². The van der Waals surface area contributed by atoms with Gasteiger partial charge in [0.15, 0.2) is 5.82 Å². The van der Waals surface area contributed by atoms with Crippen LogP contribution in [-0.4, -0.2) is 93.2 Å². The summed E-state index contributed by atoms with van der Waals surface area (Å²) in [5.41, 5.74) is 4.48. The van der Waals surface area contributed by atoms with E-state index in [4.69, 9.17) is 5.11 Å². The van der Waals surface area contributed by atoms with Gasteiger partial charge in [-0.25, -0.2) is 9.89 Å². The number of anilines is 1. The number of amides is 4. The quantitative estimate of drug-likeness (QED) is 0.112. The summed E-state index contributed by atoms with van der Waals surface area (Å²) < 4.78 is 0. The Labute approximate surface area is 302 Å². The number of carbonyl (C=O) groups excluding carboxylic acids is 3. The molecule has 3 aromatic carbocycles. The Kier molecular flexibility index (Phi) is 12.2. The molecule has 2 heterocycles. The maximum absolute atomic E-state index is 13.8. The lowest BCUT2D eigenvalue weighted by molar-refractivity contribution is -0.130. The van der Waals surface area contributed by atoms with Gasteiger partial charge in [0.2, 0.25) is 11.8 Å². The second-order valence-electron chi connectivity index (χ2n) is 13.6. The number of likely N-dealkylation sites (tertiary alicyclic amines) is 1. The highest BCUT2D eigenvalue weighted by molar-refractivity contribution is 5.98. The fourth-order valence-corrected chi connectivity index (χ4v) is 6.97. The highest BCUT2D eigenvalue weighted by Crippen LogP contribution is 2.29. The average Bonchev–Trinajstić information content (AvgIpc) is 3.90. The number of rotatable bonds is 14. The molecule has 4 amide bonds. The Hall–Kier alpha value is -5.63. The molecule has 1 saturated carbocycles. The van der Waals surface area contributed by atoms with Gasteiger partial charge in [-0.2, -0.15) is 0 Å². The summed E-state index contributed by atoms with van der Waals surface area (Å²) in [6.45, 7) is 3.97. The van der Waals surface area contributed by atoms with Crippen molar-refractivity contribution in [1.82, 2.24) is 41.5 Å². The predicted molar refractivity (Wildman–Crippen MR) is 195 cm³/mol. The number of hydrogen-bond acceptors (Lipinski definition) is 8. The molecule has 2 aliphatic rings. The molecule has 6 rings (SSSR count). The predicted octanol–water partition coefficient (Wildman–Crippen LogP) is 4.10. The maximum Gasteiger partial charge on any atom is 0.404 e. The second-order valence-corrected chi connectivity index (χ2v) is 13.6. The highest BCUT2D eigenvalue weighted by atomic mass is 16.4. The molecule has 1 saturated heterocycles. The first-order valence-corrected chi connectivity index (χ1v) is 17.9. The van der Waals surface area contributed by atoms with Gasteiger partial charge in [-0.15, -0.1) is 5.10 Å². The zero-order valence-corrected chi connectivity index (χ0v) is 29.0. The molecule has 2 fully saturated rings. The number of benzene rings is 3. The van der Waals surface area contributed by atoms with Crippen molar-refractivity contribution in [1.29, 1.82) is 0 Å². The molecule has 14 heteroatoms. The molecule has 1 aromatic heterocycles. The molecule has 14 nitrogen and oxygen atoms in total. The van der Waals surface area contributed by atoms with Crippen LogP contribution in [0, 0.1) is 11.8 Å². The number of aromatic amines is 1. The van der Waals surface area contributed by atoms with Crippen LogP contribution in [0.25, 0.3) is 22.5 Å². The summed E-state index contributed by atoms with van der Waals surface area (Å²) >= 11 is 0. The SMILES string of the molecule is O=C(O)NC[C@H]1CC[C@H](C(=O)N[C@@H](Cc2cccc(-c3cccc(C(=O)NCCN4CCCC4)c3)c2)C(=O)Nc2ccc(-c3nnn[nH]3)cc2)CC1. The number of carboxylic acid groups (broad SMARTS) is 1. The van der Waals surface area contributed by atoms with Crippen molar-refractivity contribution in [3.63, 3.8) is 0 Å². The minimum atomic E-state index is -1.05. The van der Waals surface area contributed by atoms with E-state index in [-0.39, 0.29) is 36.0 Å². The van der Waals surface area contributed by atoms with Crippen molar-refractivity contribution >= 4 is 29.5 Å². The van der Waals surface area contributed by atoms with E-state index in [1.807, 2.05) is 42.5 Å². The zero-order valence-electron chi connectivity index (χ0n) is 29.0. The van der Waals surface area contributed by atoms with Crippen LogP contribution in [0.4, 0.5) is 10.5 Å². The molecule has 0 radical (unpaired) electrons. The third kappa shape index (κ3) is 10.00. The molecule has 272 valence electrons. The average molecular weight is 708 g/mol. The molecule has 4 aromatic rings. The standard InChI is InChI=1S/C38H45N9O5/c48-35(39-17-20-47-18-1-2-19-47)31-8-4-7-30(23-31)29-6-3-5-26(21-29)22-33(42-36(49)28-11-9-25(10-12-28)24-40-38(51)52)37(50)41-32-15-13-27(14-16-32)34-43-45-46-44-34/h3-8,13-16,21,23,25,28,33,40H,1-2,9-12,17-20,22,24H2,(H,39,48)(H,41,50)(H,42,49)(H,51,52)(H,43,44,45,46)/t25-,28-,33-/m0/s1. The lowest BCUT2D eigenvalue weighted by Crippen LogP contribution is -2.48. The minimum absolute atomic E-state index is 0.116. The zero-order chi connectivity index (χ0) is 36.3. The van der Waals surface area contributed by atoms with Gasteiger partial charge in [0.05, 0.1) is 0 Å². The van der Waals surface area contributed by atoms with E-state index in [9.17, 15) is 19.2 Å². The number of H-pyrrole nitrogens is 1. The molecular weight excluding hydrogens is 662 g/mol. The maximum atomic E-state index is 13.8. The summed E-state index contributed by atoms with van der Waals surface area (Å²) in [7, 11) is 0. The number of nitrogens with zero attached hydrogens (tertiary/aromatic N) is 4. The highest BCUT2D eigenvalue weighted by Gasteiger charge is 2.30. The van der Waals surface area contributed by atoms with Crippen LogP contribution >= 0.6 is 0 Å². The van der Waals surface area contributed by atoms with Gasteiger partial charge >= 0.3 is 6.09 Å². The molecular formula is C38H45N9O5. The van der Waals surface area contributed by atoms with Crippen LogP contribution in [0.1, 0.15) is 54.4 Å². The molecule has 1 aliphatic heterocycles. The van der Waals surface area contributed by atoms with Gasteiger partial charge in [0, 0.05) is 48.8 Å². The van der Waals surface area contributed by atoms with Crippen molar-refractivity contribution in [3.8, 4) is 22.5 Å². The third-order valence-electron chi connectivity index (χ3n) is 9.90. The van der Waals surface area contributed by atoms with Crippen LogP contribution in [-0.2, 0) is 16.0 Å². The minimum Gasteiger partial charge on any atom is -0.465 e. The fraction of sp³-hybridized carbons (Fsp3) is 0.395. The number of tetrazole rings is 1. The second kappa shape index (κ2) is 17.5. The van der Waals surface area contributed by atoms with E-state index in [0.717, 1.165) is 54.7 Å². The lowest BCUT2D eigenvalue weighted by Gasteiger charge is -2.29. The number of hydrogen-bond donors (Lipinski definition) is 6. The van der Waals surface area contributed by atoms with Crippen LogP contribution in [0.3, 0.4) is 0 Å². The number of carbonyl (C=O) groups is 4. The van der Waals surface area contributed by atoms with Crippen molar-refractivity contribution in [2.45, 2.75) is 51.0 Å². The number of aromatic nitrogens is 4. The molecule has 52 heavy (non-hydrogen) atoms. The molecule has 1 atom stereocenters. The summed E-state index contributed by atoms with van der Waals surface area (Å²) in [6, 6.07) is 21.5. The fourth-order valence-electron chi connectivity index (χ4n) is 6.97. The molecule has 1 aliphatic carbocycles. The first-order chi connectivity index (χ1) is 25.3. The summed E-state index contributed by atoms with van der Waals surface area (Å²) in [5, 5.41) is 34.2. The van der Waals surface area contributed by atoms with Crippen LogP contribution in [0.15, 0.2) is 72.8 Å². The Morgan fingerprint density at radius 3 is 2.31 bits per heavy atom. The summed E-state index contributed by atoms with van der Waals surface area (Å²) in [4.78, 5) is 53.7. The van der Waals surface area contributed by atoms with Crippen LogP contribution in [0.5, 0.6) is 0 Å².